The lowest BCUT2D eigenvalue weighted by atomic mass is 9.88. The summed E-state index contributed by atoms with van der Waals surface area (Å²) in [7, 11) is 3.30. The normalized spacial score (nSPS) is 17.8. The van der Waals surface area contributed by atoms with Gasteiger partial charge in [-0.25, -0.2) is 0 Å². The van der Waals surface area contributed by atoms with E-state index in [4.69, 9.17) is 18.9 Å². The van der Waals surface area contributed by atoms with Gasteiger partial charge in [0.05, 0.1) is 46.7 Å². The smallest absolute Gasteiger partial charge is 0.118 e. The van der Waals surface area contributed by atoms with Gasteiger partial charge in [-0.1, -0.05) is 29.4 Å². The summed E-state index contributed by atoms with van der Waals surface area (Å²) in [6, 6.07) is 15.5. The molecule has 0 aliphatic heterocycles. The van der Waals surface area contributed by atoms with E-state index in [-0.39, 0.29) is 11.5 Å². The third-order valence-corrected chi connectivity index (χ3v) is 5.50. The largest absolute Gasteiger partial charge is 0.497 e. The minimum Gasteiger partial charge on any atom is -0.497 e. The third-order valence-electron chi connectivity index (χ3n) is 5.50. The molecule has 0 amide bonds. The van der Waals surface area contributed by atoms with E-state index in [2.05, 4.69) is 5.18 Å². The van der Waals surface area contributed by atoms with Crippen LogP contribution in [0.15, 0.2) is 53.7 Å². The van der Waals surface area contributed by atoms with E-state index >= 15 is 0 Å². The molecule has 3 rings (SSSR count). The van der Waals surface area contributed by atoms with Crippen molar-refractivity contribution >= 4 is 0 Å². The molecule has 6 nitrogen and oxygen atoms in total. The molecular weight excluding hydrogens is 370 g/mol. The van der Waals surface area contributed by atoms with E-state index in [0.29, 0.717) is 32.8 Å². The minimum atomic E-state index is -0.169. The lowest BCUT2D eigenvalue weighted by Crippen LogP contribution is -2.30. The molecular formula is C23H29NO5. The fourth-order valence-electron chi connectivity index (χ4n) is 3.78. The minimum absolute atomic E-state index is 0.149. The topological polar surface area (TPSA) is 66.3 Å². The van der Waals surface area contributed by atoms with Crippen LogP contribution < -0.4 is 9.47 Å². The molecule has 2 aromatic rings. The van der Waals surface area contributed by atoms with Crippen LogP contribution in [-0.2, 0) is 22.7 Å². The Kier molecular flexibility index (Phi) is 7.61. The Bertz CT molecular complexity index is 706. The van der Waals surface area contributed by atoms with E-state index in [0.717, 1.165) is 35.5 Å². The van der Waals surface area contributed by atoms with Crippen LogP contribution in [0.25, 0.3) is 0 Å². The van der Waals surface area contributed by atoms with Crippen LogP contribution in [0, 0.1) is 10.3 Å². The molecule has 0 saturated heterocycles. The van der Waals surface area contributed by atoms with Crippen molar-refractivity contribution in [1.29, 1.82) is 0 Å². The highest BCUT2D eigenvalue weighted by atomic mass is 16.5. The first kappa shape index (κ1) is 21.3. The second-order valence-electron chi connectivity index (χ2n) is 7.68. The molecule has 0 aromatic heterocycles. The molecule has 1 aliphatic carbocycles. The van der Waals surface area contributed by atoms with Crippen LogP contribution in [0.2, 0.25) is 0 Å². The van der Waals surface area contributed by atoms with Gasteiger partial charge in [-0.3, -0.25) is 0 Å². The maximum Gasteiger partial charge on any atom is 0.118 e. The van der Waals surface area contributed by atoms with Gasteiger partial charge in [0.1, 0.15) is 11.5 Å². The van der Waals surface area contributed by atoms with Crippen LogP contribution in [0.4, 0.5) is 0 Å². The zero-order valence-corrected chi connectivity index (χ0v) is 17.1. The number of rotatable bonds is 11. The summed E-state index contributed by atoms with van der Waals surface area (Å²) in [6.45, 7) is 2.13. The molecule has 2 aromatic carbocycles. The highest BCUT2D eigenvalue weighted by molar-refractivity contribution is 5.27. The molecule has 0 heterocycles. The van der Waals surface area contributed by atoms with Crippen molar-refractivity contribution in [3.05, 3.63) is 64.6 Å². The first-order valence-electron chi connectivity index (χ1n) is 9.90. The molecule has 0 radical (unpaired) electrons. The van der Waals surface area contributed by atoms with Gasteiger partial charge in [0, 0.05) is 5.41 Å². The second-order valence-corrected chi connectivity index (χ2v) is 7.68. The van der Waals surface area contributed by atoms with E-state index in [1.807, 2.05) is 48.5 Å². The Morgan fingerprint density at radius 2 is 1.34 bits per heavy atom. The van der Waals surface area contributed by atoms with Gasteiger partial charge >= 0.3 is 0 Å². The highest BCUT2D eigenvalue weighted by Crippen LogP contribution is 2.40. The Labute approximate surface area is 172 Å². The van der Waals surface area contributed by atoms with E-state index in [9.17, 15) is 4.91 Å². The van der Waals surface area contributed by atoms with Crippen molar-refractivity contribution in [2.24, 2.45) is 10.6 Å². The van der Waals surface area contributed by atoms with Gasteiger partial charge in [0.25, 0.3) is 0 Å². The van der Waals surface area contributed by atoms with E-state index < -0.39 is 0 Å². The number of methoxy groups -OCH3 is 2. The van der Waals surface area contributed by atoms with Gasteiger partial charge in [-0.05, 0) is 54.7 Å². The van der Waals surface area contributed by atoms with Gasteiger partial charge in [-0.15, -0.1) is 0 Å². The van der Waals surface area contributed by atoms with E-state index in [1.54, 1.807) is 14.2 Å². The number of nitrogens with zero attached hydrogens (tertiary/aromatic N) is 1. The van der Waals surface area contributed by atoms with Crippen molar-refractivity contribution in [2.45, 2.75) is 38.5 Å². The van der Waals surface area contributed by atoms with Crippen molar-refractivity contribution in [3.63, 3.8) is 0 Å². The number of hydrogen-bond acceptors (Lipinski definition) is 6. The SMILES string of the molecule is COc1ccc(COCC2(COCc3ccc(OC)cc3)CCC(N=O)C2)cc1. The monoisotopic (exact) mass is 399 g/mol. The summed E-state index contributed by atoms with van der Waals surface area (Å²) in [6.07, 6.45) is 2.39. The van der Waals surface area contributed by atoms with Crippen LogP contribution in [0.3, 0.4) is 0 Å². The Morgan fingerprint density at radius 1 is 0.862 bits per heavy atom. The second kappa shape index (κ2) is 10.4. The molecule has 1 saturated carbocycles. The molecule has 156 valence electrons. The maximum absolute atomic E-state index is 11.1. The molecule has 1 atom stereocenters. The standard InChI is InChI=1S/C23H29NO5/c1-26-21-7-3-18(4-8-21)14-28-16-23(12-11-20(13-23)24-25)17-29-15-19-5-9-22(27-2)10-6-19/h3-10,20H,11-17H2,1-2H3. The van der Waals surface area contributed by atoms with E-state index in [1.165, 1.54) is 0 Å². The Morgan fingerprint density at radius 3 is 1.72 bits per heavy atom. The van der Waals surface area contributed by atoms with Gasteiger partial charge in [0.2, 0.25) is 0 Å². The van der Waals surface area contributed by atoms with Crippen molar-refractivity contribution < 1.29 is 18.9 Å². The summed E-state index contributed by atoms with van der Waals surface area (Å²) in [5, 5.41) is 3.26. The fraction of sp³-hybridized carbons (Fsp3) is 0.478. The molecule has 6 heteroatoms. The van der Waals surface area contributed by atoms with Crippen LogP contribution in [0.5, 0.6) is 11.5 Å². The zero-order chi connectivity index (χ0) is 20.5. The number of benzene rings is 2. The molecule has 1 aliphatic rings. The molecule has 0 bridgehead atoms. The summed E-state index contributed by atoms with van der Waals surface area (Å²) in [5.41, 5.74) is 2.00. The van der Waals surface area contributed by atoms with Crippen molar-refractivity contribution in [2.75, 3.05) is 27.4 Å². The molecule has 0 N–H and O–H groups in total. The van der Waals surface area contributed by atoms with Gasteiger partial charge in [-0.2, -0.15) is 4.91 Å². The third kappa shape index (κ3) is 6.02. The average molecular weight is 399 g/mol. The Balaban J connectivity index is 1.52. The molecule has 1 fully saturated rings. The lowest BCUT2D eigenvalue weighted by Gasteiger charge is -2.28. The highest BCUT2D eigenvalue weighted by Gasteiger charge is 2.40. The molecule has 0 spiro atoms. The maximum atomic E-state index is 11.1. The summed E-state index contributed by atoms with van der Waals surface area (Å²) in [5.74, 6) is 1.65. The van der Waals surface area contributed by atoms with Crippen molar-refractivity contribution in [1.82, 2.24) is 0 Å². The van der Waals surface area contributed by atoms with Crippen LogP contribution in [0.1, 0.15) is 30.4 Å². The molecule has 29 heavy (non-hydrogen) atoms. The van der Waals surface area contributed by atoms with Crippen molar-refractivity contribution in [3.8, 4) is 11.5 Å². The predicted molar refractivity (Wildman–Crippen MR) is 111 cm³/mol. The van der Waals surface area contributed by atoms with Gasteiger partial charge < -0.3 is 18.9 Å². The summed E-state index contributed by atoms with van der Waals surface area (Å²) in [4.78, 5) is 11.1. The van der Waals surface area contributed by atoms with Crippen LogP contribution in [-0.4, -0.2) is 33.5 Å². The fourth-order valence-corrected chi connectivity index (χ4v) is 3.78. The predicted octanol–water partition coefficient (Wildman–Crippen LogP) is 4.74. The molecule has 1 unspecified atom stereocenters. The Hall–Kier alpha value is -2.44. The zero-order valence-electron chi connectivity index (χ0n) is 17.1. The first-order valence-corrected chi connectivity index (χ1v) is 9.90. The number of ether oxygens (including phenoxy) is 4. The summed E-state index contributed by atoms with van der Waals surface area (Å²) >= 11 is 0. The lowest BCUT2D eigenvalue weighted by molar-refractivity contribution is -0.0303. The first-order chi connectivity index (χ1) is 14.2. The van der Waals surface area contributed by atoms with Crippen LogP contribution >= 0.6 is 0 Å². The summed E-state index contributed by atoms with van der Waals surface area (Å²) < 4.78 is 22.4. The average Bonchev–Trinajstić information content (AvgIpc) is 3.18. The number of hydrogen-bond donors (Lipinski definition) is 0. The quantitative estimate of drug-likeness (QED) is 0.511. The van der Waals surface area contributed by atoms with Gasteiger partial charge in [0.15, 0.2) is 0 Å². The number of nitroso groups, excluding NO2 is 1.